The van der Waals surface area contributed by atoms with Crippen molar-refractivity contribution in [3.05, 3.63) is 47.1 Å². The Hall–Kier alpha value is -3.26. The van der Waals surface area contributed by atoms with Crippen LogP contribution in [0.4, 0.5) is 4.39 Å². The molecule has 3 aromatic rings. The fraction of sp³-hybridized carbons (Fsp3) is 0.158. The smallest absolute Gasteiger partial charge is 0.273 e. The van der Waals surface area contributed by atoms with Gasteiger partial charge in [0.05, 0.1) is 16.1 Å². The van der Waals surface area contributed by atoms with E-state index in [9.17, 15) is 19.4 Å². The Morgan fingerprint density at radius 3 is 2.61 bits per heavy atom. The predicted molar refractivity (Wildman–Crippen MR) is 101 cm³/mol. The zero-order valence-electron chi connectivity index (χ0n) is 14.7. The summed E-state index contributed by atoms with van der Waals surface area (Å²) >= 11 is 5.95. The molecule has 9 heteroatoms. The number of nitrogens with zero attached hydrogens (tertiary/aromatic N) is 1. The molecule has 0 bridgehead atoms. The molecule has 0 aliphatic carbocycles. The summed E-state index contributed by atoms with van der Waals surface area (Å²) in [7, 11) is 1.45. The molecule has 3 N–H and O–H groups in total. The van der Waals surface area contributed by atoms with Crippen molar-refractivity contribution in [3.8, 4) is 39.7 Å². The second kappa shape index (κ2) is 8.18. The zero-order valence-corrected chi connectivity index (χ0v) is 15.5. The van der Waals surface area contributed by atoms with Gasteiger partial charge in [-0.3, -0.25) is 4.79 Å². The van der Waals surface area contributed by atoms with Crippen molar-refractivity contribution in [1.82, 2.24) is 10.5 Å². The van der Waals surface area contributed by atoms with Crippen LogP contribution in [0.2, 0.25) is 5.02 Å². The molecular formula is C19H16ClFN2O5. The molecule has 0 saturated carbocycles. The Morgan fingerprint density at radius 2 is 1.96 bits per heavy atom. The Balaban J connectivity index is 2.15. The van der Waals surface area contributed by atoms with Gasteiger partial charge in [0, 0.05) is 13.1 Å². The third-order valence-corrected chi connectivity index (χ3v) is 4.24. The van der Waals surface area contributed by atoms with Crippen LogP contribution in [0.5, 0.6) is 17.2 Å². The molecule has 146 valence electrons. The first-order chi connectivity index (χ1) is 13.5. The highest BCUT2D eigenvalue weighted by atomic mass is 35.5. The molecular weight excluding hydrogens is 391 g/mol. The molecule has 0 atom stereocenters. The van der Waals surface area contributed by atoms with Gasteiger partial charge in [-0.05, 0) is 23.8 Å². The minimum Gasteiger partial charge on any atom is -0.507 e. The van der Waals surface area contributed by atoms with E-state index >= 15 is 0 Å². The lowest BCUT2D eigenvalue weighted by molar-refractivity contribution is 0.0955. The Morgan fingerprint density at radius 1 is 1.25 bits per heavy atom. The molecule has 3 rings (SSSR count). The van der Waals surface area contributed by atoms with Gasteiger partial charge in [-0.15, -0.1) is 0 Å². The van der Waals surface area contributed by atoms with Crippen LogP contribution in [0, 0.1) is 0 Å². The van der Waals surface area contributed by atoms with E-state index in [0.29, 0.717) is 16.9 Å². The first-order valence-electron chi connectivity index (χ1n) is 8.19. The number of phenolic OH excluding ortho intramolecular Hbond substituents is 2. The maximum atomic E-state index is 12.3. The van der Waals surface area contributed by atoms with Gasteiger partial charge in [0.1, 0.15) is 30.5 Å². The average Bonchev–Trinajstić information content (AvgIpc) is 3.13. The summed E-state index contributed by atoms with van der Waals surface area (Å²) in [6.07, 6.45) is 0. The lowest BCUT2D eigenvalue weighted by Gasteiger charge is -2.09. The maximum absolute atomic E-state index is 12.3. The van der Waals surface area contributed by atoms with Crippen molar-refractivity contribution in [3.63, 3.8) is 0 Å². The van der Waals surface area contributed by atoms with Crippen LogP contribution in [0.1, 0.15) is 10.5 Å². The fourth-order valence-corrected chi connectivity index (χ4v) is 2.79. The SMILES string of the molecule is CNC(=O)c1noc(-c2cc(Cl)c(O)cc2O)c1-c1ccc(OCCF)cc1. The number of aromatic hydroxyl groups is 2. The number of carbonyl (C=O) groups excluding carboxylic acids is 1. The first-order valence-corrected chi connectivity index (χ1v) is 8.56. The van der Waals surface area contributed by atoms with Gasteiger partial charge in [-0.1, -0.05) is 28.9 Å². The number of hydrogen-bond donors (Lipinski definition) is 3. The number of hydrogen-bond acceptors (Lipinski definition) is 6. The summed E-state index contributed by atoms with van der Waals surface area (Å²) in [4.78, 5) is 12.2. The number of alkyl halides is 1. The Kier molecular flexibility index (Phi) is 5.70. The van der Waals surface area contributed by atoms with Crippen molar-refractivity contribution < 1.29 is 28.7 Å². The lowest BCUT2D eigenvalue weighted by atomic mass is 9.98. The highest BCUT2D eigenvalue weighted by Gasteiger charge is 2.26. The summed E-state index contributed by atoms with van der Waals surface area (Å²) < 4.78 is 22.8. The molecule has 2 aromatic carbocycles. The maximum Gasteiger partial charge on any atom is 0.273 e. The van der Waals surface area contributed by atoms with Crippen molar-refractivity contribution >= 4 is 17.5 Å². The third-order valence-electron chi connectivity index (χ3n) is 3.93. The third kappa shape index (κ3) is 3.72. The minimum atomic E-state index is -0.612. The Bertz CT molecular complexity index is 1000. The molecule has 0 aliphatic rings. The monoisotopic (exact) mass is 406 g/mol. The summed E-state index contributed by atoms with van der Waals surface area (Å²) in [5, 5.41) is 26.2. The number of ether oxygens (including phenoxy) is 1. The molecule has 28 heavy (non-hydrogen) atoms. The van der Waals surface area contributed by atoms with E-state index in [1.807, 2.05) is 0 Å². The summed E-state index contributed by atoms with van der Waals surface area (Å²) in [6.45, 7) is -0.680. The van der Waals surface area contributed by atoms with Gasteiger partial charge in [0.25, 0.3) is 5.91 Å². The van der Waals surface area contributed by atoms with E-state index in [-0.39, 0.29) is 40.1 Å². The lowest BCUT2D eigenvalue weighted by Crippen LogP contribution is -2.19. The molecule has 0 saturated heterocycles. The van der Waals surface area contributed by atoms with E-state index in [0.717, 1.165) is 6.07 Å². The van der Waals surface area contributed by atoms with Gasteiger partial charge >= 0.3 is 0 Å². The zero-order chi connectivity index (χ0) is 20.3. The quantitative estimate of drug-likeness (QED) is 0.575. The summed E-state index contributed by atoms with van der Waals surface area (Å²) in [5.41, 5.74) is 1.01. The summed E-state index contributed by atoms with van der Waals surface area (Å²) in [6, 6.07) is 8.89. The first kappa shape index (κ1) is 19.5. The van der Waals surface area contributed by atoms with Crippen LogP contribution in [0.25, 0.3) is 22.5 Å². The number of carbonyl (C=O) groups is 1. The average molecular weight is 407 g/mol. The molecule has 0 unspecified atom stereocenters. The van der Waals surface area contributed by atoms with Gasteiger partial charge < -0.3 is 24.8 Å². The molecule has 0 aliphatic heterocycles. The fourth-order valence-electron chi connectivity index (χ4n) is 2.62. The second-order valence-electron chi connectivity index (χ2n) is 5.70. The van der Waals surface area contributed by atoms with E-state index < -0.39 is 12.6 Å². The standard InChI is InChI=1S/C19H16ClFN2O5/c1-22-19(26)17-16(10-2-4-11(5-3-10)27-7-6-21)18(28-23-17)12-8-13(20)15(25)9-14(12)24/h2-5,8-9,24-25H,6-7H2,1H3,(H,22,26). The predicted octanol–water partition coefficient (Wildman–Crippen LogP) is 3.78. The van der Waals surface area contributed by atoms with Gasteiger partial charge in [-0.25, -0.2) is 4.39 Å². The second-order valence-corrected chi connectivity index (χ2v) is 6.10. The Labute approximate surface area is 164 Å². The van der Waals surface area contributed by atoms with Crippen LogP contribution in [0.3, 0.4) is 0 Å². The molecule has 7 nitrogen and oxygen atoms in total. The van der Waals surface area contributed by atoms with Crippen LogP contribution < -0.4 is 10.1 Å². The van der Waals surface area contributed by atoms with E-state index in [4.69, 9.17) is 20.9 Å². The highest BCUT2D eigenvalue weighted by Crippen LogP contribution is 2.43. The van der Waals surface area contributed by atoms with E-state index in [2.05, 4.69) is 10.5 Å². The summed E-state index contributed by atoms with van der Waals surface area (Å²) in [5.74, 6) is -0.547. The number of amides is 1. The molecule has 1 aromatic heterocycles. The van der Waals surface area contributed by atoms with Crippen LogP contribution in [-0.4, -0.2) is 41.6 Å². The topological polar surface area (TPSA) is 105 Å². The number of rotatable bonds is 6. The van der Waals surface area contributed by atoms with Gasteiger partial charge in [-0.2, -0.15) is 0 Å². The minimum absolute atomic E-state index is 0.00137. The van der Waals surface area contributed by atoms with E-state index in [1.54, 1.807) is 24.3 Å². The number of benzene rings is 2. The highest BCUT2D eigenvalue weighted by molar-refractivity contribution is 6.32. The van der Waals surface area contributed by atoms with E-state index in [1.165, 1.54) is 13.1 Å². The van der Waals surface area contributed by atoms with Crippen LogP contribution in [-0.2, 0) is 0 Å². The largest absolute Gasteiger partial charge is 0.507 e. The van der Waals surface area contributed by atoms with Crippen molar-refractivity contribution in [2.45, 2.75) is 0 Å². The number of aromatic nitrogens is 1. The molecule has 0 fully saturated rings. The molecule has 1 heterocycles. The van der Waals surface area contributed by atoms with Crippen LogP contribution in [0.15, 0.2) is 40.9 Å². The number of phenols is 2. The molecule has 1 amide bonds. The molecule has 0 radical (unpaired) electrons. The van der Waals surface area contributed by atoms with Crippen molar-refractivity contribution in [2.24, 2.45) is 0 Å². The van der Waals surface area contributed by atoms with Crippen LogP contribution >= 0.6 is 11.6 Å². The van der Waals surface area contributed by atoms with Crippen molar-refractivity contribution in [1.29, 1.82) is 0 Å². The number of nitrogens with one attached hydrogen (secondary N) is 1. The molecule has 0 spiro atoms. The number of halogens is 2. The van der Waals surface area contributed by atoms with Gasteiger partial charge in [0.2, 0.25) is 0 Å². The van der Waals surface area contributed by atoms with Crippen molar-refractivity contribution in [2.75, 3.05) is 20.3 Å². The van der Waals surface area contributed by atoms with Gasteiger partial charge in [0.15, 0.2) is 11.5 Å². The normalized spacial score (nSPS) is 10.7.